The van der Waals surface area contributed by atoms with Crippen LogP contribution in [0, 0.1) is 6.92 Å². The van der Waals surface area contributed by atoms with Crippen molar-refractivity contribution in [3.8, 4) is 0 Å². The van der Waals surface area contributed by atoms with Crippen molar-refractivity contribution in [2.45, 2.75) is 38.4 Å². The molecular formula is C16H18N4OS2. The lowest BCUT2D eigenvalue weighted by Gasteiger charge is -2.19. The quantitative estimate of drug-likeness (QED) is 0.529. The highest BCUT2D eigenvalue weighted by Gasteiger charge is 2.22. The highest BCUT2D eigenvalue weighted by molar-refractivity contribution is 7.99. The van der Waals surface area contributed by atoms with Gasteiger partial charge in [-0.05, 0) is 55.1 Å². The molecule has 0 bridgehead atoms. The van der Waals surface area contributed by atoms with Crippen molar-refractivity contribution < 1.29 is 4.79 Å². The topological polar surface area (TPSA) is 60.7 Å². The largest absolute Gasteiger partial charge is 0.292 e. The lowest BCUT2D eigenvalue weighted by molar-refractivity contribution is 0.102. The third-order valence-electron chi connectivity index (χ3n) is 3.51. The summed E-state index contributed by atoms with van der Waals surface area (Å²) in [5, 5.41) is 13.6. The predicted molar refractivity (Wildman–Crippen MR) is 94.4 cm³/mol. The van der Waals surface area contributed by atoms with E-state index in [0.717, 1.165) is 20.5 Å². The van der Waals surface area contributed by atoms with Crippen molar-refractivity contribution in [2.24, 2.45) is 0 Å². The number of tetrazole rings is 1. The summed E-state index contributed by atoms with van der Waals surface area (Å²) in [5.74, 6) is 0.460. The molecule has 3 rings (SSSR count). The number of aromatic nitrogens is 4. The number of Topliss-reactive ketones (excluding diaryl/α,β-unsaturated/α-hetero) is 1. The number of nitrogens with zero attached hydrogens (tertiary/aromatic N) is 4. The second-order valence-corrected chi connectivity index (χ2v) is 8.30. The Hall–Kier alpha value is -1.73. The fourth-order valence-corrected chi connectivity index (χ4v) is 4.50. The van der Waals surface area contributed by atoms with Crippen LogP contribution in [-0.4, -0.2) is 31.7 Å². The maximum absolute atomic E-state index is 12.6. The van der Waals surface area contributed by atoms with Gasteiger partial charge in [-0.3, -0.25) is 4.79 Å². The van der Waals surface area contributed by atoms with Gasteiger partial charge in [-0.15, -0.1) is 16.4 Å². The Kier molecular flexibility index (Phi) is 4.25. The van der Waals surface area contributed by atoms with Crippen LogP contribution in [0.1, 0.15) is 36.0 Å². The lowest BCUT2D eigenvalue weighted by atomic mass is 10.1. The second kappa shape index (κ2) is 6.05. The van der Waals surface area contributed by atoms with Crippen molar-refractivity contribution in [3.05, 3.63) is 34.7 Å². The Bertz CT molecular complexity index is 860. The Morgan fingerprint density at radius 2 is 2.04 bits per heavy atom. The van der Waals surface area contributed by atoms with Gasteiger partial charge in [0.1, 0.15) is 0 Å². The molecule has 0 atom stereocenters. The van der Waals surface area contributed by atoms with E-state index in [1.807, 2.05) is 39.8 Å². The maximum atomic E-state index is 12.6. The van der Waals surface area contributed by atoms with Crippen LogP contribution in [-0.2, 0) is 5.54 Å². The van der Waals surface area contributed by atoms with Gasteiger partial charge < -0.3 is 0 Å². The molecule has 23 heavy (non-hydrogen) atoms. The molecule has 0 radical (unpaired) electrons. The molecule has 0 spiro atoms. The molecule has 0 saturated carbocycles. The predicted octanol–water partition coefficient (Wildman–Crippen LogP) is 3.93. The zero-order valence-electron chi connectivity index (χ0n) is 13.5. The average Bonchev–Trinajstić information content (AvgIpc) is 3.10. The highest BCUT2D eigenvalue weighted by atomic mass is 32.2. The van der Waals surface area contributed by atoms with E-state index >= 15 is 0 Å². The first kappa shape index (κ1) is 16.1. The fourth-order valence-electron chi connectivity index (χ4n) is 2.33. The van der Waals surface area contributed by atoms with Gasteiger partial charge in [-0.2, -0.15) is 0 Å². The van der Waals surface area contributed by atoms with Gasteiger partial charge in [0.2, 0.25) is 5.16 Å². The van der Waals surface area contributed by atoms with Gasteiger partial charge in [-0.25, -0.2) is 4.68 Å². The van der Waals surface area contributed by atoms with Crippen LogP contribution in [0.4, 0.5) is 0 Å². The minimum Gasteiger partial charge on any atom is -0.292 e. The van der Waals surface area contributed by atoms with Gasteiger partial charge >= 0.3 is 0 Å². The fraction of sp³-hybridized carbons (Fsp3) is 0.375. The first-order valence-corrected chi connectivity index (χ1v) is 9.11. The van der Waals surface area contributed by atoms with Crippen LogP contribution in [0.15, 0.2) is 29.4 Å². The number of hydrogen-bond donors (Lipinski definition) is 0. The molecule has 1 aromatic carbocycles. The second-order valence-electron chi connectivity index (χ2n) is 6.31. The third kappa shape index (κ3) is 3.16. The first-order chi connectivity index (χ1) is 10.9. The number of rotatable bonds is 4. The summed E-state index contributed by atoms with van der Waals surface area (Å²) in [5.41, 5.74) is 0.856. The van der Waals surface area contributed by atoms with Gasteiger partial charge in [0.15, 0.2) is 5.78 Å². The number of fused-ring (bicyclic) bond motifs is 1. The number of benzene rings is 1. The summed E-state index contributed by atoms with van der Waals surface area (Å²) in [4.78, 5) is 13.4. The number of thioether (sulfide) groups is 1. The molecule has 2 heterocycles. The van der Waals surface area contributed by atoms with E-state index < -0.39 is 0 Å². The van der Waals surface area contributed by atoms with Crippen LogP contribution in [0.5, 0.6) is 0 Å². The standard InChI is InChI=1S/C16H18N4OS2/c1-10-11-7-5-6-8-13(11)23-14(10)12(21)9-22-15-17-18-19-20(15)16(2,3)4/h5-8H,9H2,1-4H3. The average molecular weight is 346 g/mol. The molecule has 0 N–H and O–H groups in total. The number of thiophene rings is 1. The Balaban J connectivity index is 1.80. The Labute approximate surface area is 143 Å². The number of hydrogen-bond acceptors (Lipinski definition) is 6. The van der Waals surface area contributed by atoms with Crippen LogP contribution in [0.25, 0.3) is 10.1 Å². The van der Waals surface area contributed by atoms with Crippen molar-refractivity contribution in [1.29, 1.82) is 0 Å². The first-order valence-electron chi connectivity index (χ1n) is 7.31. The summed E-state index contributed by atoms with van der Waals surface area (Å²) in [6, 6.07) is 8.11. The van der Waals surface area contributed by atoms with E-state index in [1.165, 1.54) is 11.8 Å². The molecule has 3 aromatic rings. The van der Waals surface area contributed by atoms with Crippen molar-refractivity contribution in [2.75, 3.05) is 5.75 Å². The molecule has 0 aliphatic carbocycles. The molecule has 0 amide bonds. The molecule has 5 nitrogen and oxygen atoms in total. The van der Waals surface area contributed by atoms with Crippen LogP contribution in [0.2, 0.25) is 0 Å². The summed E-state index contributed by atoms with van der Waals surface area (Å²) in [6.45, 7) is 8.11. The third-order valence-corrected chi connectivity index (χ3v) is 5.74. The van der Waals surface area contributed by atoms with E-state index in [1.54, 1.807) is 16.0 Å². The van der Waals surface area contributed by atoms with Crippen LogP contribution in [0.3, 0.4) is 0 Å². The van der Waals surface area contributed by atoms with E-state index in [4.69, 9.17) is 0 Å². The number of aryl methyl sites for hydroxylation is 1. The number of ketones is 1. The lowest BCUT2D eigenvalue weighted by Crippen LogP contribution is -2.24. The Morgan fingerprint density at radius 3 is 2.74 bits per heavy atom. The molecule has 0 fully saturated rings. The highest BCUT2D eigenvalue weighted by Crippen LogP contribution is 2.32. The minimum atomic E-state index is -0.206. The van der Waals surface area contributed by atoms with Gasteiger partial charge in [0.05, 0.1) is 16.2 Å². The van der Waals surface area contributed by atoms with E-state index in [9.17, 15) is 4.79 Å². The Morgan fingerprint density at radius 1 is 1.30 bits per heavy atom. The van der Waals surface area contributed by atoms with Crippen molar-refractivity contribution in [1.82, 2.24) is 20.2 Å². The van der Waals surface area contributed by atoms with E-state index in [-0.39, 0.29) is 11.3 Å². The van der Waals surface area contributed by atoms with Crippen LogP contribution < -0.4 is 0 Å². The SMILES string of the molecule is Cc1c(C(=O)CSc2nnnn2C(C)(C)C)sc2ccccc12. The molecule has 0 aliphatic rings. The normalized spacial score (nSPS) is 12.0. The molecular weight excluding hydrogens is 328 g/mol. The summed E-state index contributed by atoms with van der Waals surface area (Å²) in [6.07, 6.45) is 0. The van der Waals surface area contributed by atoms with Crippen LogP contribution >= 0.6 is 23.1 Å². The molecule has 0 aliphatic heterocycles. The van der Waals surface area contributed by atoms with Gasteiger partial charge in [0.25, 0.3) is 0 Å². The number of carbonyl (C=O) groups is 1. The van der Waals surface area contributed by atoms with E-state index in [2.05, 4.69) is 27.7 Å². The molecule has 120 valence electrons. The zero-order chi connectivity index (χ0) is 16.6. The summed E-state index contributed by atoms with van der Waals surface area (Å²) >= 11 is 2.94. The van der Waals surface area contributed by atoms with Gasteiger partial charge in [0, 0.05) is 4.70 Å². The summed E-state index contributed by atoms with van der Waals surface area (Å²) < 4.78 is 2.90. The molecule has 0 unspecified atom stereocenters. The monoisotopic (exact) mass is 346 g/mol. The molecule has 0 saturated heterocycles. The van der Waals surface area contributed by atoms with Crippen molar-refractivity contribution in [3.63, 3.8) is 0 Å². The maximum Gasteiger partial charge on any atom is 0.210 e. The molecule has 2 aromatic heterocycles. The minimum absolute atomic E-state index is 0.122. The zero-order valence-corrected chi connectivity index (χ0v) is 15.2. The van der Waals surface area contributed by atoms with E-state index in [0.29, 0.717) is 10.9 Å². The smallest absolute Gasteiger partial charge is 0.210 e. The number of carbonyl (C=O) groups excluding carboxylic acids is 1. The summed E-state index contributed by atoms with van der Waals surface area (Å²) in [7, 11) is 0. The molecule has 7 heteroatoms. The van der Waals surface area contributed by atoms with Crippen molar-refractivity contribution >= 4 is 39.0 Å². The van der Waals surface area contributed by atoms with Gasteiger partial charge in [-0.1, -0.05) is 30.0 Å².